The quantitative estimate of drug-likeness (QED) is 0.601. The summed E-state index contributed by atoms with van der Waals surface area (Å²) >= 11 is 1.32. The molecule has 1 N–H and O–H groups in total. The Morgan fingerprint density at radius 3 is 2.80 bits per heavy atom. The van der Waals surface area contributed by atoms with Gasteiger partial charge in [-0.1, -0.05) is 11.3 Å². The Balaban J connectivity index is 1.59. The maximum Gasteiger partial charge on any atom is 0.263 e. The van der Waals surface area contributed by atoms with Crippen molar-refractivity contribution in [2.24, 2.45) is 0 Å². The lowest BCUT2D eigenvalue weighted by atomic mass is 10.2. The van der Waals surface area contributed by atoms with E-state index in [0.29, 0.717) is 17.2 Å². The third-order valence-corrected chi connectivity index (χ3v) is 5.06. The molecule has 0 unspecified atom stereocenters. The predicted octanol–water partition coefficient (Wildman–Crippen LogP) is 4.03. The van der Waals surface area contributed by atoms with E-state index in [0.717, 1.165) is 21.9 Å². The number of nitrogens with zero attached hydrogens (tertiary/aromatic N) is 2. The van der Waals surface area contributed by atoms with Crippen molar-refractivity contribution in [3.05, 3.63) is 71.0 Å². The zero-order chi connectivity index (χ0) is 17.4. The van der Waals surface area contributed by atoms with E-state index in [9.17, 15) is 9.18 Å². The van der Waals surface area contributed by atoms with Gasteiger partial charge in [-0.2, -0.15) is 0 Å². The molecule has 5 nitrogen and oxygen atoms in total. The minimum Gasteiger partial charge on any atom is -0.467 e. The van der Waals surface area contributed by atoms with Crippen LogP contribution >= 0.6 is 11.3 Å². The molecule has 25 heavy (non-hydrogen) atoms. The summed E-state index contributed by atoms with van der Waals surface area (Å²) in [7, 11) is 0. The van der Waals surface area contributed by atoms with Gasteiger partial charge in [0.05, 0.1) is 18.5 Å². The van der Waals surface area contributed by atoms with Gasteiger partial charge in [-0.25, -0.2) is 9.37 Å². The number of benzene rings is 1. The average Bonchev–Trinajstić information content (AvgIpc) is 3.32. The van der Waals surface area contributed by atoms with Gasteiger partial charge in [-0.3, -0.25) is 9.20 Å². The summed E-state index contributed by atoms with van der Waals surface area (Å²) in [5.74, 6) is 0.259. The molecule has 0 aliphatic heterocycles. The van der Waals surface area contributed by atoms with Crippen molar-refractivity contribution in [1.29, 1.82) is 0 Å². The molecule has 0 aliphatic carbocycles. The van der Waals surface area contributed by atoms with E-state index in [4.69, 9.17) is 4.42 Å². The number of rotatable bonds is 4. The van der Waals surface area contributed by atoms with E-state index in [2.05, 4.69) is 10.3 Å². The fourth-order valence-electron chi connectivity index (χ4n) is 2.58. The van der Waals surface area contributed by atoms with Crippen LogP contribution in [0.4, 0.5) is 4.39 Å². The van der Waals surface area contributed by atoms with E-state index in [1.54, 1.807) is 24.5 Å². The van der Waals surface area contributed by atoms with Crippen molar-refractivity contribution in [3.8, 4) is 11.3 Å². The van der Waals surface area contributed by atoms with E-state index in [-0.39, 0.29) is 11.7 Å². The van der Waals surface area contributed by atoms with Gasteiger partial charge in [-0.15, -0.1) is 0 Å². The second-order valence-electron chi connectivity index (χ2n) is 5.56. The van der Waals surface area contributed by atoms with Crippen molar-refractivity contribution >= 4 is 22.2 Å². The molecule has 1 amide bonds. The number of hydrogen-bond donors (Lipinski definition) is 1. The third kappa shape index (κ3) is 2.94. The fourth-order valence-corrected chi connectivity index (χ4v) is 3.61. The number of carbonyl (C=O) groups excluding carboxylic acids is 1. The monoisotopic (exact) mass is 355 g/mol. The lowest BCUT2D eigenvalue weighted by molar-refractivity contribution is 0.0951. The molecule has 0 spiro atoms. The van der Waals surface area contributed by atoms with Crippen LogP contribution in [0.5, 0.6) is 0 Å². The van der Waals surface area contributed by atoms with Gasteiger partial charge in [-0.05, 0) is 43.3 Å². The molecule has 0 atom stereocenters. The molecule has 126 valence electrons. The second kappa shape index (κ2) is 6.18. The molecule has 7 heteroatoms. The molecule has 0 saturated heterocycles. The zero-order valence-electron chi connectivity index (χ0n) is 13.3. The standard InChI is InChI=1S/C18H14FN3O2S/c1-11-16(17(23)20-9-14-3-2-8-24-14)25-18-21-15(10-22(11)18)12-4-6-13(19)7-5-12/h2-8,10H,9H2,1H3,(H,20,23). The highest BCUT2D eigenvalue weighted by molar-refractivity contribution is 7.19. The third-order valence-electron chi connectivity index (χ3n) is 3.91. The summed E-state index contributed by atoms with van der Waals surface area (Å²) in [5.41, 5.74) is 2.40. The van der Waals surface area contributed by atoms with Gasteiger partial charge >= 0.3 is 0 Å². The van der Waals surface area contributed by atoms with Gasteiger partial charge in [0.1, 0.15) is 16.5 Å². The van der Waals surface area contributed by atoms with Crippen molar-refractivity contribution in [2.45, 2.75) is 13.5 Å². The fraction of sp³-hybridized carbons (Fsp3) is 0.111. The number of halogens is 1. The minimum atomic E-state index is -0.281. The largest absolute Gasteiger partial charge is 0.467 e. The highest BCUT2D eigenvalue weighted by Gasteiger charge is 2.18. The molecule has 1 aromatic carbocycles. The summed E-state index contributed by atoms with van der Waals surface area (Å²) in [6, 6.07) is 9.78. The molecule has 4 aromatic rings. The first-order valence-corrected chi connectivity index (χ1v) is 8.48. The number of aryl methyl sites for hydroxylation is 1. The SMILES string of the molecule is Cc1c(C(=O)NCc2ccco2)sc2nc(-c3ccc(F)cc3)cn12. The number of furan rings is 1. The summed E-state index contributed by atoms with van der Waals surface area (Å²) in [6.45, 7) is 2.22. The number of aromatic nitrogens is 2. The van der Waals surface area contributed by atoms with Crippen LogP contribution < -0.4 is 5.32 Å². The molecular formula is C18H14FN3O2S. The average molecular weight is 355 g/mol. The summed E-state index contributed by atoms with van der Waals surface area (Å²) in [5, 5.41) is 2.84. The van der Waals surface area contributed by atoms with Crippen LogP contribution in [-0.2, 0) is 6.54 Å². The molecule has 3 heterocycles. The molecule has 4 rings (SSSR count). The van der Waals surface area contributed by atoms with Crippen molar-refractivity contribution in [2.75, 3.05) is 0 Å². The number of thiazole rings is 1. The van der Waals surface area contributed by atoms with E-state index in [1.165, 1.54) is 23.5 Å². The van der Waals surface area contributed by atoms with E-state index in [1.807, 2.05) is 23.6 Å². The molecule has 0 radical (unpaired) electrons. The number of carbonyl (C=O) groups is 1. The molecular weight excluding hydrogens is 341 g/mol. The second-order valence-corrected chi connectivity index (χ2v) is 6.54. The molecule has 3 aromatic heterocycles. The van der Waals surface area contributed by atoms with Gasteiger partial charge < -0.3 is 9.73 Å². The van der Waals surface area contributed by atoms with Crippen LogP contribution in [-0.4, -0.2) is 15.3 Å². The zero-order valence-corrected chi connectivity index (χ0v) is 14.1. The lowest BCUT2D eigenvalue weighted by Crippen LogP contribution is -2.22. The highest BCUT2D eigenvalue weighted by atomic mass is 32.1. The maximum absolute atomic E-state index is 13.1. The first-order valence-electron chi connectivity index (χ1n) is 7.67. The molecule has 0 fully saturated rings. The number of fused-ring (bicyclic) bond motifs is 1. The first-order chi connectivity index (χ1) is 12.1. The summed E-state index contributed by atoms with van der Waals surface area (Å²) < 4.78 is 20.1. The van der Waals surface area contributed by atoms with Gasteiger partial charge in [0, 0.05) is 17.5 Å². The van der Waals surface area contributed by atoms with Crippen LogP contribution in [0.15, 0.2) is 53.3 Å². The predicted molar refractivity (Wildman–Crippen MR) is 93.1 cm³/mol. The van der Waals surface area contributed by atoms with Crippen LogP contribution in [0, 0.1) is 12.7 Å². The molecule has 0 bridgehead atoms. The summed E-state index contributed by atoms with van der Waals surface area (Å²) in [6.07, 6.45) is 3.43. The number of imidazole rings is 1. The van der Waals surface area contributed by atoms with Crippen molar-refractivity contribution < 1.29 is 13.6 Å². The first kappa shape index (κ1) is 15.6. The number of hydrogen-bond acceptors (Lipinski definition) is 4. The van der Waals surface area contributed by atoms with Crippen molar-refractivity contribution in [1.82, 2.24) is 14.7 Å². The number of nitrogens with one attached hydrogen (secondary N) is 1. The van der Waals surface area contributed by atoms with Crippen molar-refractivity contribution in [3.63, 3.8) is 0 Å². The van der Waals surface area contributed by atoms with Crippen LogP contribution in [0.3, 0.4) is 0 Å². The maximum atomic E-state index is 13.1. The number of amides is 1. The van der Waals surface area contributed by atoms with Crippen LogP contribution in [0.1, 0.15) is 21.1 Å². The Kier molecular flexibility index (Phi) is 3.85. The Bertz CT molecular complexity index is 1030. The normalized spacial score (nSPS) is 11.1. The van der Waals surface area contributed by atoms with Gasteiger partial charge in [0.25, 0.3) is 5.91 Å². The highest BCUT2D eigenvalue weighted by Crippen LogP contribution is 2.27. The molecule has 0 aliphatic rings. The van der Waals surface area contributed by atoms with E-state index >= 15 is 0 Å². The Morgan fingerprint density at radius 2 is 2.12 bits per heavy atom. The van der Waals surface area contributed by atoms with Crippen LogP contribution in [0.2, 0.25) is 0 Å². The summed E-state index contributed by atoms with van der Waals surface area (Å²) in [4.78, 5) is 18.3. The lowest BCUT2D eigenvalue weighted by Gasteiger charge is -2.02. The Labute approximate surface area is 146 Å². The van der Waals surface area contributed by atoms with Gasteiger partial charge in [0.15, 0.2) is 4.96 Å². The Hall–Kier alpha value is -2.93. The topological polar surface area (TPSA) is 59.5 Å². The smallest absolute Gasteiger partial charge is 0.263 e. The molecule has 0 saturated carbocycles. The van der Waals surface area contributed by atoms with E-state index < -0.39 is 0 Å². The van der Waals surface area contributed by atoms with Gasteiger partial charge in [0.2, 0.25) is 0 Å². The Morgan fingerprint density at radius 1 is 1.32 bits per heavy atom. The van der Waals surface area contributed by atoms with Crippen LogP contribution in [0.25, 0.3) is 16.2 Å². The minimum absolute atomic E-state index is 0.160.